The van der Waals surface area contributed by atoms with Crippen molar-refractivity contribution in [3.8, 4) is 5.75 Å². The Hall–Kier alpha value is -1.34. The molecule has 0 aliphatic carbocycles. The first-order valence-corrected chi connectivity index (χ1v) is 8.79. The molecule has 0 spiro atoms. The van der Waals surface area contributed by atoms with Crippen LogP contribution in [-0.4, -0.2) is 37.1 Å². The molecule has 1 rings (SSSR count). The monoisotopic (exact) mass is 376 g/mol. The smallest absolute Gasteiger partial charge is 0.328 e. The summed E-state index contributed by atoms with van der Waals surface area (Å²) in [4.78, 5) is 10.6. The number of rotatable bonds is 7. The van der Waals surface area contributed by atoms with Crippen molar-refractivity contribution in [2.75, 3.05) is 12.4 Å². The predicted octanol–water partition coefficient (Wildman–Crippen LogP) is 2.75. The standard InChI is InChI=1S/C14H17BrO5S/c1-10(2)21(18,19)9-8-20-14-11(6-7-13(16)17)4-3-5-12(14)15/h3-7,10H,8-9H2,1-2H3,(H,16,17)/b7-6+. The van der Waals surface area contributed by atoms with Crippen LogP contribution in [0.5, 0.6) is 5.75 Å². The molecule has 1 aromatic carbocycles. The zero-order valence-corrected chi connectivity index (χ0v) is 14.1. The number of benzene rings is 1. The lowest BCUT2D eigenvalue weighted by Crippen LogP contribution is -2.22. The highest BCUT2D eigenvalue weighted by Crippen LogP contribution is 2.30. The van der Waals surface area contributed by atoms with E-state index in [4.69, 9.17) is 9.84 Å². The maximum absolute atomic E-state index is 11.7. The molecule has 0 saturated carbocycles. The summed E-state index contributed by atoms with van der Waals surface area (Å²) < 4.78 is 29.6. The van der Waals surface area contributed by atoms with Crippen LogP contribution >= 0.6 is 15.9 Å². The van der Waals surface area contributed by atoms with Crippen molar-refractivity contribution in [1.29, 1.82) is 0 Å². The van der Waals surface area contributed by atoms with E-state index in [0.29, 0.717) is 15.8 Å². The van der Waals surface area contributed by atoms with Crippen molar-refractivity contribution >= 4 is 37.8 Å². The maximum atomic E-state index is 11.7. The average Bonchev–Trinajstić information content (AvgIpc) is 2.38. The van der Waals surface area contributed by atoms with E-state index < -0.39 is 21.1 Å². The molecule has 0 bridgehead atoms. The van der Waals surface area contributed by atoms with E-state index in [2.05, 4.69) is 15.9 Å². The summed E-state index contributed by atoms with van der Waals surface area (Å²) in [5, 5.41) is 8.21. The first-order valence-electron chi connectivity index (χ1n) is 6.28. The fourth-order valence-corrected chi connectivity index (χ4v) is 2.75. The van der Waals surface area contributed by atoms with E-state index >= 15 is 0 Å². The molecule has 0 fully saturated rings. The molecule has 0 heterocycles. The number of carbonyl (C=O) groups is 1. The highest BCUT2D eigenvalue weighted by atomic mass is 79.9. The van der Waals surface area contributed by atoms with E-state index in [1.165, 1.54) is 6.08 Å². The first-order chi connectivity index (χ1) is 9.74. The molecule has 0 radical (unpaired) electrons. The van der Waals surface area contributed by atoms with Crippen LogP contribution in [0.15, 0.2) is 28.7 Å². The van der Waals surface area contributed by atoms with Crippen LogP contribution in [0.3, 0.4) is 0 Å². The summed E-state index contributed by atoms with van der Waals surface area (Å²) in [5.74, 6) is -0.731. The van der Waals surface area contributed by atoms with E-state index in [1.807, 2.05) is 0 Å². The van der Waals surface area contributed by atoms with Gasteiger partial charge in [0.05, 0.1) is 15.5 Å². The number of hydrogen-bond donors (Lipinski definition) is 1. The lowest BCUT2D eigenvalue weighted by atomic mass is 10.2. The minimum Gasteiger partial charge on any atom is -0.491 e. The number of carboxylic acids is 1. The van der Waals surface area contributed by atoms with Crippen LogP contribution in [-0.2, 0) is 14.6 Å². The molecule has 0 amide bonds. The van der Waals surface area contributed by atoms with E-state index in [-0.39, 0.29) is 12.4 Å². The summed E-state index contributed by atoms with van der Waals surface area (Å²) in [6.45, 7) is 3.25. The highest BCUT2D eigenvalue weighted by molar-refractivity contribution is 9.10. The number of para-hydroxylation sites is 1. The van der Waals surface area contributed by atoms with Gasteiger partial charge < -0.3 is 9.84 Å². The molecular weight excluding hydrogens is 360 g/mol. The third-order valence-corrected chi connectivity index (χ3v) is 5.53. The molecule has 0 unspecified atom stereocenters. The molecule has 5 nitrogen and oxygen atoms in total. The van der Waals surface area contributed by atoms with Crippen LogP contribution in [0, 0.1) is 0 Å². The van der Waals surface area contributed by atoms with E-state index in [0.717, 1.165) is 6.08 Å². The molecule has 1 N–H and O–H groups in total. The Bertz CT molecular complexity index is 635. The Labute approximate surface area is 132 Å². The van der Waals surface area contributed by atoms with Gasteiger partial charge in [-0.1, -0.05) is 12.1 Å². The Balaban J connectivity index is 2.86. The number of ether oxygens (including phenoxy) is 1. The van der Waals surface area contributed by atoms with Crippen molar-refractivity contribution in [2.45, 2.75) is 19.1 Å². The van der Waals surface area contributed by atoms with Crippen molar-refractivity contribution in [3.05, 3.63) is 34.3 Å². The second-order valence-corrected chi connectivity index (χ2v) is 8.13. The van der Waals surface area contributed by atoms with Crippen molar-refractivity contribution in [1.82, 2.24) is 0 Å². The summed E-state index contributed by atoms with van der Waals surface area (Å²) in [7, 11) is -3.17. The Morgan fingerprint density at radius 1 is 1.43 bits per heavy atom. The number of carboxylic acid groups (broad SMARTS) is 1. The second kappa shape index (κ2) is 7.61. The zero-order valence-electron chi connectivity index (χ0n) is 11.7. The van der Waals surface area contributed by atoms with Crippen LogP contribution in [0.2, 0.25) is 0 Å². The molecule has 0 aliphatic heterocycles. The number of halogens is 1. The van der Waals surface area contributed by atoms with Gasteiger partial charge in [-0.25, -0.2) is 13.2 Å². The fraction of sp³-hybridized carbons (Fsp3) is 0.357. The molecule has 7 heteroatoms. The maximum Gasteiger partial charge on any atom is 0.328 e. The van der Waals surface area contributed by atoms with Gasteiger partial charge in [-0.05, 0) is 41.9 Å². The average molecular weight is 377 g/mol. The predicted molar refractivity (Wildman–Crippen MR) is 85.2 cm³/mol. The molecule has 0 atom stereocenters. The summed E-state index contributed by atoms with van der Waals surface area (Å²) >= 11 is 3.31. The normalized spacial score (nSPS) is 12.0. The molecule has 116 valence electrons. The largest absolute Gasteiger partial charge is 0.491 e. The van der Waals surface area contributed by atoms with Gasteiger partial charge in [0.25, 0.3) is 0 Å². The third-order valence-electron chi connectivity index (χ3n) is 2.74. The van der Waals surface area contributed by atoms with E-state index in [9.17, 15) is 13.2 Å². The van der Waals surface area contributed by atoms with Gasteiger partial charge in [0.15, 0.2) is 9.84 Å². The van der Waals surface area contributed by atoms with Crippen molar-refractivity contribution in [3.63, 3.8) is 0 Å². The van der Waals surface area contributed by atoms with Gasteiger partial charge >= 0.3 is 5.97 Å². The molecular formula is C14H17BrO5S. The second-order valence-electron chi connectivity index (χ2n) is 4.59. The molecule has 0 saturated heterocycles. The molecule has 0 aromatic heterocycles. The van der Waals surface area contributed by atoms with E-state index in [1.54, 1.807) is 32.0 Å². The fourth-order valence-electron chi connectivity index (χ4n) is 1.47. The third kappa shape index (κ3) is 5.51. The van der Waals surface area contributed by atoms with Gasteiger partial charge in [0.2, 0.25) is 0 Å². The highest BCUT2D eigenvalue weighted by Gasteiger charge is 2.16. The lowest BCUT2D eigenvalue weighted by molar-refractivity contribution is -0.131. The van der Waals surface area contributed by atoms with Crippen LogP contribution < -0.4 is 4.74 Å². The minimum absolute atomic E-state index is 0.0110. The molecule has 0 aliphatic rings. The van der Waals surface area contributed by atoms with Crippen molar-refractivity contribution < 1.29 is 23.1 Å². The van der Waals surface area contributed by atoms with Crippen LogP contribution in [0.1, 0.15) is 19.4 Å². The Morgan fingerprint density at radius 3 is 2.67 bits per heavy atom. The van der Waals surface area contributed by atoms with Gasteiger partial charge in [-0.3, -0.25) is 0 Å². The number of hydrogen-bond acceptors (Lipinski definition) is 4. The Morgan fingerprint density at radius 2 is 2.10 bits per heavy atom. The van der Waals surface area contributed by atoms with Crippen LogP contribution in [0.25, 0.3) is 6.08 Å². The molecule has 21 heavy (non-hydrogen) atoms. The lowest BCUT2D eigenvalue weighted by Gasteiger charge is -2.12. The zero-order chi connectivity index (χ0) is 16.0. The molecule has 1 aromatic rings. The SMILES string of the molecule is CC(C)S(=O)(=O)CCOc1c(Br)cccc1/C=C/C(=O)O. The minimum atomic E-state index is -3.17. The summed E-state index contributed by atoms with van der Waals surface area (Å²) in [5.41, 5.74) is 0.564. The Kier molecular flexibility index (Phi) is 6.42. The number of sulfone groups is 1. The topological polar surface area (TPSA) is 80.7 Å². The van der Waals surface area contributed by atoms with Crippen molar-refractivity contribution in [2.24, 2.45) is 0 Å². The van der Waals surface area contributed by atoms with Gasteiger partial charge in [0, 0.05) is 11.6 Å². The first kappa shape index (κ1) is 17.7. The van der Waals surface area contributed by atoms with Crippen LogP contribution in [0.4, 0.5) is 0 Å². The van der Waals surface area contributed by atoms with Gasteiger partial charge in [0.1, 0.15) is 12.4 Å². The van der Waals surface area contributed by atoms with Gasteiger partial charge in [-0.15, -0.1) is 0 Å². The quantitative estimate of drug-likeness (QED) is 0.739. The summed E-state index contributed by atoms with van der Waals surface area (Å²) in [6, 6.07) is 5.17. The summed E-state index contributed by atoms with van der Waals surface area (Å²) in [6.07, 6.45) is 2.40. The van der Waals surface area contributed by atoms with Gasteiger partial charge in [-0.2, -0.15) is 0 Å². The number of aliphatic carboxylic acids is 1.